The van der Waals surface area contributed by atoms with Gasteiger partial charge in [-0.15, -0.1) is 0 Å². The van der Waals surface area contributed by atoms with Crippen LogP contribution in [0.2, 0.25) is 0 Å². The summed E-state index contributed by atoms with van der Waals surface area (Å²) in [5.41, 5.74) is 2.78. The van der Waals surface area contributed by atoms with Crippen molar-refractivity contribution in [2.45, 2.75) is 31.9 Å². The number of aliphatic carboxylic acids is 1. The molecule has 2 aliphatic rings. The first-order valence-corrected chi connectivity index (χ1v) is 11.2. The molecule has 1 saturated heterocycles. The van der Waals surface area contributed by atoms with Crippen LogP contribution in [0.1, 0.15) is 36.8 Å². The molecular weight excluding hydrogens is 479 g/mol. The highest BCUT2D eigenvalue weighted by Gasteiger charge is 2.34. The molecule has 0 unspecified atom stereocenters. The number of likely N-dealkylation sites (tertiary alicyclic amines) is 1. The zero-order valence-corrected chi connectivity index (χ0v) is 19.3. The van der Waals surface area contributed by atoms with E-state index in [4.69, 9.17) is 5.11 Å². The Labute approximate surface area is 204 Å². The van der Waals surface area contributed by atoms with Gasteiger partial charge in [-0.05, 0) is 68.6 Å². The second kappa shape index (κ2) is 9.97. The van der Waals surface area contributed by atoms with E-state index in [0.29, 0.717) is 31.5 Å². The van der Waals surface area contributed by atoms with E-state index in [0.717, 1.165) is 17.1 Å². The Morgan fingerprint density at radius 1 is 1.19 bits per heavy atom. The van der Waals surface area contributed by atoms with Crippen LogP contribution in [0.3, 0.4) is 0 Å². The maximum absolute atomic E-state index is 13.1. The van der Waals surface area contributed by atoms with Gasteiger partial charge in [0.2, 0.25) is 0 Å². The fourth-order valence-corrected chi connectivity index (χ4v) is 4.31. The first kappa shape index (κ1) is 25.2. The number of alkyl halides is 3. The van der Waals surface area contributed by atoms with Crippen molar-refractivity contribution < 1.29 is 33.0 Å². The Hall–Kier alpha value is -3.93. The van der Waals surface area contributed by atoms with Gasteiger partial charge in [-0.2, -0.15) is 28.4 Å². The van der Waals surface area contributed by atoms with E-state index in [1.54, 1.807) is 18.2 Å². The predicted octanol–water partition coefficient (Wildman–Crippen LogP) is 3.87. The van der Waals surface area contributed by atoms with Crippen molar-refractivity contribution in [2.24, 2.45) is 10.2 Å². The van der Waals surface area contributed by atoms with E-state index in [2.05, 4.69) is 15.6 Å². The van der Waals surface area contributed by atoms with Crippen LogP contribution in [0, 0.1) is 0 Å². The van der Waals surface area contributed by atoms with E-state index in [9.17, 15) is 27.9 Å². The van der Waals surface area contributed by atoms with Gasteiger partial charge in [0.25, 0.3) is 0 Å². The smallest absolute Gasteiger partial charge is 0.416 e. The lowest BCUT2D eigenvalue weighted by Crippen LogP contribution is -2.36. The molecule has 2 aromatic rings. The number of hydrogen-bond donors (Lipinski definition) is 3. The quantitative estimate of drug-likeness (QED) is 0.407. The van der Waals surface area contributed by atoms with Gasteiger partial charge in [0, 0.05) is 0 Å². The van der Waals surface area contributed by atoms with Crippen molar-refractivity contribution in [1.82, 2.24) is 4.90 Å². The van der Waals surface area contributed by atoms with E-state index in [-0.39, 0.29) is 41.0 Å². The fourth-order valence-electron chi connectivity index (χ4n) is 4.31. The summed E-state index contributed by atoms with van der Waals surface area (Å²) in [6.07, 6.45) is -3.21. The third-order valence-corrected chi connectivity index (χ3v) is 6.15. The molecule has 190 valence electrons. The molecule has 0 spiro atoms. The minimum absolute atomic E-state index is 0.0236. The monoisotopic (exact) mass is 503 g/mol. The van der Waals surface area contributed by atoms with E-state index in [1.807, 2.05) is 4.90 Å². The van der Waals surface area contributed by atoms with Gasteiger partial charge in [-0.3, -0.25) is 19.9 Å². The van der Waals surface area contributed by atoms with Crippen molar-refractivity contribution in [1.29, 1.82) is 0 Å². The molecule has 0 atom stereocenters. The van der Waals surface area contributed by atoms with Gasteiger partial charge >= 0.3 is 18.1 Å². The molecule has 2 aromatic carbocycles. The van der Waals surface area contributed by atoms with Crippen LogP contribution in [0.15, 0.2) is 52.7 Å². The van der Waals surface area contributed by atoms with Gasteiger partial charge in [0.05, 0.1) is 29.2 Å². The number of phenols is 1. The van der Waals surface area contributed by atoms with Gasteiger partial charge in [0.15, 0.2) is 5.71 Å². The van der Waals surface area contributed by atoms with E-state index in [1.165, 1.54) is 19.1 Å². The summed E-state index contributed by atoms with van der Waals surface area (Å²) in [6, 6.07) is 9.38. The molecular formula is C24H24F3N5O4. The molecule has 9 nitrogen and oxygen atoms in total. The first-order chi connectivity index (χ1) is 17.0. The van der Waals surface area contributed by atoms with Crippen LogP contribution in [-0.4, -0.2) is 58.0 Å². The third kappa shape index (κ3) is 5.33. The maximum Gasteiger partial charge on any atom is 0.416 e. The number of amides is 1. The molecule has 0 aliphatic carbocycles. The number of carboxylic acids is 1. The number of anilines is 2. The molecule has 2 aliphatic heterocycles. The normalized spacial score (nSPS) is 18.6. The summed E-state index contributed by atoms with van der Waals surface area (Å²) in [5, 5.41) is 28.8. The van der Waals surface area contributed by atoms with Crippen LogP contribution in [0.25, 0.3) is 0 Å². The first-order valence-electron chi connectivity index (χ1n) is 11.2. The number of nitrogens with one attached hydrogen (secondary N) is 1. The number of rotatable bonds is 6. The van der Waals surface area contributed by atoms with Crippen LogP contribution in [0.5, 0.6) is 5.75 Å². The lowest BCUT2D eigenvalue weighted by molar-refractivity contribution is -0.139. The van der Waals surface area contributed by atoms with Crippen LogP contribution < -0.4 is 10.4 Å². The van der Waals surface area contributed by atoms with Crippen molar-refractivity contribution in [3.8, 4) is 5.75 Å². The molecule has 3 N–H and O–H groups in total. The summed E-state index contributed by atoms with van der Waals surface area (Å²) in [4.78, 5) is 25.6. The average Bonchev–Trinajstić information content (AvgIpc) is 3.11. The van der Waals surface area contributed by atoms with Crippen LogP contribution >= 0.6 is 0 Å². The largest absolute Gasteiger partial charge is 0.505 e. The highest BCUT2D eigenvalue weighted by molar-refractivity contribution is 6.71. The highest BCUT2D eigenvalue weighted by Crippen LogP contribution is 2.38. The SMILES string of the molecule is CC1=NN(c2cccc(C(F)(F)F)c2)C(=O)C1=NNc1cccc(C2CCN(CC(=O)O)CC2)c1O. The lowest BCUT2D eigenvalue weighted by atomic mass is 9.88. The van der Waals surface area contributed by atoms with Crippen molar-refractivity contribution >= 4 is 34.7 Å². The maximum atomic E-state index is 13.1. The number of carbonyl (C=O) groups is 2. The predicted molar refractivity (Wildman–Crippen MR) is 127 cm³/mol. The summed E-state index contributed by atoms with van der Waals surface area (Å²) in [7, 11) is 0. The number of carboxylic acid groups (broad SMARTS) is 1. The molecule has 4 rings (SSSR count). The third-order valence-electron chi connectivity index (χ3n) is 6.15. The second-order valence-electron chi connectivity index (χ2n) is 8.61. The number of benzene rings is 2. The number of nitrogens with zero attached hydrogens (tertiary/aromatic N) is 4. The highest BCUT2D eigenvalue weighted by atomic mass is 19.4. The van der Waals surface area contributed by atoms with E-state index >= 15 is 0 Å². The summed E-state index contributed by atoms with van der Waals surface area (Å²) in [5.74, 6) is -1.60. The van der Waals surface area contributed by atoms with Gasteiger partial charge in [0.1, 0.15) is 5.75 Å². The number of piperidine rings is 1. The summed E-state index contributed by atoms with van der Waals surface area (Å²) in [6.45, 7) is 2.66. The topological polar surface area (TPSA) is 118 Å². The number of carbonyl (C=O) groups excluding carboxylic acids is 1. The summed E-state index contributed by atoms with van der Waals surface area (Å²) >= 11 is 0. The van der Waals surface area contributed by atoms with Crippen molar-refractivity contribution in [3.05, 3.63) is 53.6 Å². The van der Waals surface area contributed by atoms with E-state index < -0.39 is 23.6 Å². The number of halogens is 3. The average molecular weight is 503 g/mol. The summed E-state index contributed by atoms with van der Waals surface area (Å²) < 4.78 is 39.2. The molecule has 0 aromatic heterocycles. The van der Waals surface area contributed by atoms with Crippen LogP contribution in [0.4, 0.5) is 24.5 Å². The standard InChI is InChI=1S/C24H24F3N5O4/c1-14-21(23(36)32(30-14)17-5-2-4-16(12-17)24(25,26)27)29-28-19-7-3-6-18(22(19)35)15-8-10-31(11-9-15)13-20(33)34/h2-7,12,15,28,35H,8-11,13H2,1H3,(H,33,34). The lowest BCUT2D eigenvalue weighted by Gasteiger charge is -2.31. The molecule has 0 radical (unpaired) electrons. The number of phenolic OH excluding ortho intramolecular Hbond substituents is 1. The number of para-hydroxylation sites is 1. The molecule has 1 fully saturated rings. The van der Waals surface area contributed by atoms with Crippen LogP contribution in [-0.2, 0) is 15.8 Å². The van der Waals surface area contributed by atoms with Gasteiger partial charge in [-0.1, -0.05) is 18.2 Å². The molecule has 1 amide bonds. The Morgan fingerprint density at radius 3 is 2.56 bits per heavy atom. The zero-order chi connectivity index (χ0) is 26.0. The van der Waals surface area contributed by atoms with Gasteiger partial charge in [-0.25, -0.2) is 0 Å². The van der Waals surface area contributed by atoms with Crippen molar-refractivity contribution in [2.75, 3.05) is 30.1 Å². The Balaban J connectivity index is 1.48. The minimum atomic E-state index is -4.56. The second-order valence-corrected chi connectivity index (χ2v) is 8.61. The zero-order valence-electron chi connectivity index (χ0n) is 19.3. The molecule has 12 heteroatoms. The molecule has 0 bridgehead atoms. The fraction of sp³-hybridized carbons (Fsp3) is 0.333. The number of hydrazone groups is 2. The molecule has 36 heavy (non-hydrogen) atoms. The van der Waals surface area contributed by atoms with Crippen molar-refractivity contribution in [3.63, 3.8) is 0 Å². The molecule has 0 saturated carbocycles. The Morgan fingerprint density at radius 2 is 1.89 bits per heavy atom. The Kier molecular flexibility index (Phi) is 6.97. The molecule has 2 heterocycles. The number of hydrogen-bond acceptors (Lipinski definition) is 7. The Bertz CT molecular complexity index is 1240. The number of aromatic hydroxyl groups is 1. The van der Waals surface area contributed by atoms with Gasteiger partial charge < -0.3 is 10.2 Å². The minimum Gasteiger partial charge on any atom is -0.505 e.